The van der Waals surface area contributed by atoms with E-state index in [4.69, 9.17) is 0 Å². The predicted molar refractivity (Wildman–Crippen MR) is 91.9 cm³/mol. The van der Waals surface area contributed by atoms with E-state index in [1.165, 1.54) is 18.2 Å². The maximum absolute atomic E-state index is 12.0. The van der Waals surface area contributed by atoms with Gasteiger partial charge in [-0.1, -0.05) is 11.8 Å². The maximum Gasteiger partial charge on any atom is 0.241 e. The number of carbonyl (C=O) groups is 1. The Kier molecular flexibility index (Phi) is 5.86. The van der Waals surface area contributed by atoms with Crippen LogP contribution in [0.4, 0.5) is 0 Å². The minimum atomic E-state index is -0.0295. The molecule has 0 aliphatic carbocycles. The number of H-pyrrole nitrogens is 1. The fourth-order valence-electron chi connectivity index (χ4n) is 2.71. The first-order valence-electron chi connectivity index (χ1n) is 8.23. The van der Waals surface area contributed by atoms with Gasteiger partial charge in [-0.05, 0) is 32.4 Å². The van der Waals surface area contributed by atoms with Crippen molar-refractivity contribution in [3.8, 4) is 0 Å². The largest absolute Gasteiger partial charge is 0.354 e. The second-order valence-electron chi connectivity index (χ2n) is 5.88. The van der Waals surface area contributed by atoms with Gasteiger partial charge in [0.2, 0.25) is 11.1 Å². The molecular formula is C15H23N7OS. The van der Waals surface area contributed by atoms with E-state index in [1.807, 2.05) is 19.2 Å². The van der Waals surface area contributed by atoms with Crippen molar-refractivity contribution in [3.05, 3.63) is 23.8 Å². The summed E-state index contributed by atoms with van der Waals surface area (Å²) >= 11 is 1.51. The van der Waals surface area contributed by atoms with Gasteiger partial charge in [0.1, 0.15) is 12.4 Å². The van der Waals surface area contributed by atoms with Gasteiger partial charge in [-0.3, -0.25) is 14.6 Å². The molecule has 1 amide bonds. The molecule has 1 aliphatic heterocycles. The topological polar surface area (TPSA) is 101 Å². The summed E-state index contributed by atoms with van der Waals surface area (Å²) in [6.45, 7) is 4.76. The third-order valence-electron chi connectivity index (χ3n) is 3.91. The van der Waals surface area contributed by atoms with Gasteiger partial charge in [0.25, 0.3) is 0 Å². The number of thioether (sulfide) groups is 1. The molecule has 0 spiro atoms. The Morgan fingerprint density at radius 2 is 2.46 bits per heavy atom. The van der Waals surface area contributed by atoms with Crippen LogP contribution >= 0.6 is 11.8 Å². The molecule has 0 bridgehead atoms. The molecule has 0 aromatic carbocycles. The van der Waals surface area contributed by atoms with Crippen LogP contribution in [-0.2, 0) is 11.3 Å². The lowest BCUT2D eigenvalue weighted by atomic mass is 9.97. The van der Waals surface area contributed by atoms with Crippen LogP contribution in [-0.4, -0.2) is 56.3 Å². The van der Waals surface area contributed by atoms with E-state index in [1.54, 1.807) is 4.68 Å². The van der Waals surface area contributed by atoms with Crippen molar-refractivity contribution in [2.45, 2.75) is 37.4 Å². The Labute approximate surface area is 145 Å². The number of nitrogens with one attached hydrogen (secondary N) is 3. The van der Waals surface area contributed by atoms with Gasteiger partial charge in [0.15, 0.2) is 0 Å². The molecule has 24 heavy (non-hydrogen) atoms. The van der Waals surface area contributed by atoms with Crippen molar-refractivity contribution in [3.63, 3.8) is 0 Å². The smallest absolute Gasteiger partial charge is 0.241 e. The number of hydrogen-bond acceptors (Lipinski definition) is 6. The highest BCUT2D eigenvalue weighted by Gasteiger charge is 2.17. The number of nitrogens with zero attached hydrogens (tertiary/aromatic N) is 4. The Hall–Kier alpha value is -1.87. The van der Waals surface area contributed by atoms with E-state index < -0.39 is 0 Å². The molecule has 1 unspecified atom stereocenters. The van der Waals surface area contributed by atoms with Gasteiger partial charge < -0.3 is 10.6 Å². The Morgan fingerprint density at radius 1 is 1.54 bits per heavy atom. The average Bonchev–Trinajstić information content (AvgIpc) is 3.22. The first-order chi connectivity index (χ1) is 11.7. The van der Waals surface area contributed by atoms with Gasteiger partial charge in [0.05, 0.1) is 5.69 Å². The second-order valence-corrected chi connectivity index (χ2v) is 6.95. The van der Waals surface area contributed by atoms with Crippen LogP contribution in [0.15, 0.2) is 17.4 Å². The molecule has 1 aliphatic rings. The van der Waals surface area contributed by atoms with E-state index in [0.29, 0.717) is 17.6 Å². The molecule has 1 saturated heterocycles. The summed E-state index contributed by atoms with van der Waals surface area (Å²) in [7, 11) is 0. The zero-order chi connectivity index (χ0) is 16.8. The summed E-state index contributed by atoms with van der Waals surface area (Å²) in [5.41, 5.74) is 1.07. The molecule has 3 rings (SSSR count). The van der Waals surface area contributed by atoms with E-state index >= 15 is 0 Å². The van der Waals surface area contributed by atoms with Crippen LogP contribution in [0, 0.1) is 6.92 Å². The summed E-state index contributed by atoms with van der Waals surface area (Å²) < 4.78 is 1.71. The predicted octanol–water partition coefficient (Wildman–Crippen LogP) is 0.685. The molecule has 130 valence electrons. The standard InChI is InChI=1S/C15H23N7OS/c1-11-18-15(20-19-11)24-8-6-17-14(23)10-22-7-4-13(21-22)12-3-2-5-16-9-12/h4,7,12,16H,2-3,5-6,8-10H2,1H3,(H,17,23)(H,18,19,20). The number of piperidine rings is 1. The fraction of sp³-hybridized carbons (Fsp3) is 0.600. The summed E-state index contributed by atoms with van der Waals surface area (Å²) in [4.78, 5) is 16.2. The number of aryl methyl sites for hydroxylation is 1. The van der Waals surface area contributed by atoms with Crippen molar-refractivity contribution in [2.24, 2.45) is 0 Å². The van der Waals surface area contributed by atoms with Crippen molar-refractivity contribution in [1.29, 1.82) is 0 Å². The molecule has 0 radical (unpaired) electrons. The highest BCUT2D eigenvalue weighted by Crippen LogP contribution is 2.21. The highest BCUT2D eigenvalue weighted by molar-refractivity contribution is 7.99. The first kappa shape index (κ1) is 17.0. The van der Waals surface area contributed by atoms with Crippen LogP contribution in [0.1, 0.15) is 30.3 Å². The fourth-order valence-corrected chi connectivity index (χ4v) is 3.41. The molecule has 1 fully saturated rings. The number of rotatable bonds is 7. The third kappa shape index (κ3) is 4.81. The summed E-state index contributed by atoms with van der Waals surface area (Å²) in [6.07, 6.45) is 4.23. The van der Waals surface area contributed by atoms with E-state index in [-0.39, 0.29) is 12.5 Å². The Balaban J connectivity index is 1.37. The molecule has 9 heteroatoms. The van der Waals surface area contributed by atoms with Crippen molar-refractivity contribution >= 4 is 17.7 Å². The summed E-state index contributed by atoms with van der Waals surface area (Å²) in [6, 6.07) is 2.02. The van der Waals surface area contributed by atoms with Crippen molar-refractivity contribution < 1.29 is 4.79 Å². The van der Waals surface area contributed by atoms with Gasteiger partial charge >= 0.3 is 0 Å². The number of aromatic amines is 1. The molecule has 2 aromatic rings. The van der Waals surface area contributed by atoms with Gasteiger partial charge in [-0.15, -0.1) is 5.10 Å². The van der Waals surface area contributed by atoms with E-state index in [2.05, 4.69) is 30.9 Å². The lowest BCUT2D eigenvalue weighted by molar-refractivity contribution is -0.121. The average molecular weight is 349 g/mol. The molecule has 2 aromatic heterocycles. The van der Waals surface area contributed by atoms with E-state index in [9.17, 15) is 4.79 Å². The molecule has 3 N–H and O–H groups in total. The normalized spacial score (nSPS) is 17.8. The second kappa shape index (κ2) is 8.29. The summed E-state index contributed by atoms with van der Waals surface area (Å²) in [5, 5.41) is 18.4. The molecule has 0 saturated carbocycles. The maximum atomic E-state index is 12.0. The number of hydrogen-bond donors (Lipinski definition) is 3. The number of carbonyl (C=O) groups excluding carboxylic acids is 1. The number of amides is 1. The summed E-state index contributed by atoms with van der Waals surface area (Å²) in [5.74, 6) is 1.97. The molecule has 1 atom stereocenters. The monoisotopic (exact) mass is 349 g/mol. The van der Waals surface area contributed by atoms with Crippen LogP contribution in [0.2, 0.25) is 0 Å². The minimum absolute atomic E-state index is 0.0295. The Morgan fingerprint density at radius 3 is 3.21 bits per heavy atom. The quantitative estimate of drug-likeness (QED) is 0.502. The van der Waals surface area contributed by atoms with Crippen LogP contribution in [0.5, 0.6) is 0 Å². The Bertz CT molecular complexity index is 662. The molecular weight excluding hydrogens is 326 g/mol. The highest BCUT2D eigenvalue weighted by atomic mass is 32.2. The first-order valence-corrected chi connectivity index (χ1v) is 9.22. The van der Waals surface area contributed by atoms with Gasteiger partial charge in [-0.2, -0.15) is 5.10 Å². The SMILES string of the molecule is Cc1nc(SCCNC(=O)Cn2ccc(C3CCCNC3)n2)n[nH]1. The minimum Gasteiger partial charge on any atom is -0.354 e. The molecule has 3 heterocycles. The van der Waals surface area contributed by atoms with Crippen LogP contribution in [0.3, 0.4) is 0 Å². The van der Waals surface area contributed by atoms with Gasteiger partial charge in [0, 0.05) is 31.0 Å². The third-order valence-corrected chi connectivity index (χ3v) is 4.76. The zero-order valence-electron chi connectivity index (χ0n) is 13.8. The lowest BCUT2D eigenvalue weighted by Gasteiger charge is -2.20. The van der Waals surface area contributed by atoms with E-state index in [0.717, 1.165) is 36.8 Å². The number of aromatic nitrogens is 5. The van der Waals surface area contributed by atoms with Crippen molar-refractivity contribution in [1.82, 2.24) is 35.6 Å². The zero-order valence-corrected chi connectivity index (χ0v) is 14.6. The van der Waals surface area contributed by atoms with Crippen molar-refractivity contribution in [2.75, 3.05) is 25.4 Å². The van der Waals surface area contributed by atoms with Crippen LogP contribution < -0.4 is 10.6 Å². The molecule has 8 nitrogen and oxygen atoms in total. The van der Waals surface area contributed by atoms with Gasteiger partial charge in [-0.25, -0.2) is 4.98 Å². The van der Waals surface area contributed by atoms with Crippen LogP contribution in [0.25, 0.3) is 0 Å². The lowest BCUT2D eigenvalue weighted by Crippen LogP contribution is -2.30.